The van der Waals surface area contributed by atoms with Crippen molar-refractivity contribution >= 4 is 17.6 Å². The van der Waals surface area contributed by atoms with Crippen LogP contribution < -0.4 is 5.73 Å². The molecule has 0 radical (unpaired) electrons. The van der Waals surface area contributed by atoms with Gasteiger partial charge in [0.15, 0.2) is 5.84 Å². The Kier molecular flexibility index (Phi) is 3.83. The van der Waals surface area contributed by atoms with Crippen LogP contribution >= 0.6 is 0 Å². The fraction of sp³-hybridized carbons (Fsp3) is 0.727. The van der Waals surface area contributed by atoms with Crippen molar-refractivity contribution in [2.24, 2.45) is 16.8 Å². The zero-order valence-corrected chi connectivity index (χ0v) is 11.2. The highest BCUT2D eigenvalue weighted by molar-refractivity contribution is 6.03. The van der Waals surface area contributed by atoms with E-state index in [-0.39, 0.29) is 17.6 Å². The van der Waals surface area contributed by atoms with Gasteiger partial charge in [0, 0.05) is 20.1 Å². The number of nitrogens with two attached hydrogens (primary N) is 1. The van der Waals surface area contributed by atoms with Gasteiger partial charge in [0.25, 0.3) is 0 Å². The third-order valence-corrected chi connectivity index (χ3v) is 3.40. The summed E-state index contributed by atoms with van der Waals surface area (Å²) < 4.78 is 0. The van der Waals surface area contributed by atoms with Gasteiger partial charge in [-0.1, -0.05) is 5.16 Å². The largest absolute Gasteiger partial charge is 0.409 e. The van der Waals surface area contributed by atoms with E-state index in [2.05, 4.69) is 5.16 Å². The lowest BCUT2D eigenvalue weighted by Crippen LogP contribution is -2.64. The number of carbonyl (C=O) groups excluding carboxylic acids is 2. The average Bonchev–Trinajstić information content (AvgIpc) is 2.33. The van der Waals surface area contributed by atoms with E-state index in [4.69, 9.17) is 10.9 Å². The molecular weight excluding hydrogens is 236 g/mol. The van der Waals surface area contributed by atoms with Gasteiger partial charge in [-0.15, -0.1) is 0 Å². The van der Waals surface area contributed by atoms with Crippen molar-refractivity contribution < 1.29 is 14.8 Å². The first kappa shape index (κ1) is 14.3. The first-order valence-corrected chi connectivity index (χ1v) is 5.78. The molecule has 0 aromatic rings. The van der Waals surface area contributed by atoms with Crippen molar-refractivity contribution in [1.29, 1.82) is 0 Å². The van der Waals surface area contributed by atoms with Gasteiger partial charge in [-0.3, -0.25) is 9.59 Å². The lowest BCUT2D eigenvalue weighted by Gasteiger charge is -2.45. The Morgan fingerprint density at radius 3 is 2.56 bits per heavy atom. The van der Waals surface area contributed by atoms with E-state index in [1.807, 2.05) is 0 Å². The molecule has 0 aliphatic carbocycles. The Morgan fingerprint density at radius 1 is 1.50 bits per heavy atom. The van der Waals surface area contributed by atoms with Crippen LogP contribution in [-0.2, 0) is 9.59 Å². The summed E-state index contributed by atoms with van der Waals surface area (Å²) in [6, 6.07) is 0. The molecule has 7 heteroatoms. The van der Waals surface area contributed by atoms with Crippen LogP contribution in [0.25, 0.3) is 0 Å². The zero-order chi connectivity index (χ0) is 14.1. The molecule has 0 aromatic carbocycles. The summed E-state index contributed by atoms with van der Waals surface area (Å²) in [6.45, 7) is 5.87. The predicted octanol–water partition coefficient (Wildman–Crippen LogP) is -0.552. The van der Waals surface area contributed by atoms with Crippen molar-refractivity contribution in [3.8, 4) is 0 Å². The van der Waals surface area contributed by atoms with E-state index < -0.39 is 11.5 Å². The normalized spacial score (nSPS) is 22.0. The van der Waals surface area contributed by atoms with Crippen molar-refractivity contribution in [1.82, 2.24) is 9.80 Å². The van der Waals surface area contributed by atoms with Gasteiger partial charge in [-0.05, 0) is 20.8 Å². The van der Waals surface area contributed by atoms with Crippen LogP contribution in [0, 0.1) is 5.92 Å². The fourth-order valence-corrected chi connectivity index (χ4v) is 2.05. The number of likely N-dealkylation sites (N-methyl/N-ethyl adjacent to an activating group) is 1. The minimum Gasteiger partial charge on any atom is -0.409 e. The molecule has 0 spiro atoms. The van der Waals surface area contributed by atoms with Crippen LogP contribution in [0.15, 0.2) is 5.16 Å². The number of oxime groups is 1. The van der Waals surface area contributed by atoms with Gasteiger partial charge in [-0.2, -0.15) is 0 Å². The van der Waals surface area contributed by atoms with Gasteiger partial charge in [0.1, 0.15) is 5.54 Å². The van der Waals surface area contributed by atoms with Crippen LogP contribution in [0.2, 0.25) is 0 Å². The van der Waals surface area contributed by atoms with Crippen molar-refractivity contribution in [3.63, 3.8) is 0 Å². The van der Waals surface area contributed by atoms with E-state index in [9.17, 15) is 9.59 Å². The second kappa shape index (κ2) is 4.83. The molecule has 102 valence electrons. The van der Waals surface area contributed by atoms with Gasteiger partial charge >= 0.3 is 0 Å². The topological polar surface area (TPSA) is 99.2 Å². The maximum Gasteiger partial charge on any atom is 0.247 e. The molecule has 1 atom stereocenters. The molecule has 1 rings (SSSR count). The standard InChI is InChI=1S/C11H20N4O3/c1-7(8(12)13-18)9(16)15-6-5-14(4)10(17)11(15,2)3/h7,18H,5-6H2,1-4H3,(H2,12,13). The summed E-state index contributed by atoms with van der Waals surface area (Å²) in [5.41, 5.74) is 4.52. The number of hydrogen-bond acceptors (Lipinski definition) is 4. The highest BCUT2D eigenvalue weighted by Crippen LogP contribution is 2.23. The number of piperazine rings is 1. The molecule has 1 heterocycles. The van der Waals surface area contributed by atoms with E-state index in [1.165, 1.54) is 4.90 Å². The summed E-state index contributed by atoms with van der Waals surface area (Å²) in [7, 11) is 1.71. The van der Waals surface area contributed by atoms with Crippen LogP contribution in [0.4, 0.5) is 0 Å². The van der Waals surface area contributed by atoms with Crippen molar-refractivity contribution in [2.75, 3.05) is 20.1 Å². The predicted molar refractivity (Wildman–Crippen MR) is 66.0 cm³/mol. The van der Waals surface area contributed by atoms with Crippen LogP contribution in [0.1, 0.15) is 20.8 Å². The zero-order valence-electron chi connectivity index (χ0n) is 11.2. The second-order valence-corrected chi connectivity index (χ2v) is 5.02. The molecule has 1 aliphatic heterocycles. The monoisotopic (exact) mass is 256 g/mol. The number of nitrogens with zero attached hydrogens (tertiary/aromatic N) is 3. The van der Waals surface area contributed by atoms with Crippen molar-refractivity contribution in [3.05, 3.63) is 0 Å². The lowest BCUT2D eigenvalue weighted by molar-refractivity contribution is -0.158. The highest BCUT2D eigenvalue weighted by atomic mass is 16.4. The Hall–Kier alpha value is -1.79. The molecule has 1 fully saturated rings. The molecule has 2 amide bonds. The van der Waals surface area contributed by atoms with Gasteiger partial charge < -0.3 is 20.7 Å². The third kappa shape index (κ3) is 2.25. The van der Waals surface area contributed by atoms with Gasteiger partial charge in [-0.25, -0.2) is 0 Å². The first-order chi connectivity index (χ1) is 8.23. The Morgan fingerprint density at radius 2 is 2.06 bits per heavy atom. The molecular formula is C11H20N4O3. The molecule has 3 N–H and O–H groups in total. The minimum absolute atomic E-state index is 0.117. The molecule has 0 saturated carbocycles. The molecule has 1 saturated heterocycles. The summed E-state index contributed by atoms with van der Waals surface area (Å²) in [5, 5.41) is 11.4. The smallest absolute Gasteiger partial charge is 0.247 e. The van der Waals surface area contributed by atoms with Crippen LogP contribution in [-0.4, -0.2) is 58.3 Å². The summed E-state index contributed by atoms with van der Waals surface area (Å²) in [6.07, 6.45) is 0. The second-order valence-electron chi connectivity index (χ2n) is 5.02. The quantitative estimate of drug-likeness (QED) is 0.299. The highest BCUT2D eigenvalue weighted by Gasteiger charge is 2.44. The Balaban J connectivity index is 2.96. The SMILES string of the molecule is CC(C(=O)N1CCN(C)C(=O)C1(C)C)C(N)=NO. The Labute approximate surface area is 106 Å². The van der Waals surface area contributed by atoms with Gasteiger partial charge in [0.05, 0.1) is 5.92 Å². The van der Waals surface area contributed by atoms with Crippen LogP contribution in [0.5, 0.6) is 0 Å². The summed E-state index contributed by atoms with van der Waals surface area (Å²) >= 11 is 0. The molecule has 7 nitrogen and oxygen atoms in total. The molecule has 18 heavy (non-hydrogen) atoms. The fourth-order valence-electron chi connectivity index (χ4n) is 2.05. The van der Waals surface area contributed by atoms with Crippen molar-refractivity contribution in [2.45, 2.75) is 26.3 Å². The number of amides is 2. The number of amidine groups is 1. The summed E-state index contributed by atoms with van der Waals surface area (Å²) in [5.74, 6) is -1.32. The average molecular weight is 256 g/mol. The minimum atomic E-state index is -0.909. The van der Waals surface area contributed by atoms with E-state index >= 15 is 0 Å². The van der Waals surface area contributed by atoms with E-state index in [0.29, 0.717) is 13.1 Å². The maximum absolute atomic E-state index is 12.2. The molecule has 1 unspecified atom stereocenters. The Bertz CT molecular complexity index is 392. The van der Waals surface area contributed by atoms with E-state index in [1.54, 1.807) is 32.7 Å². The number of rotatable bonds is 2. The van der Waals surface area contributed by atoms with Gasteiger partial charge in [0.2, 0.25) is 11.8 Å². The third-order valence-electron chi connectivity index (χ3n) is 3.40. The molecule has 0 aromatic heterocycles. The lowest BCUT2D eigenvalue weighted by atomic mass is 9.95. The number of hydrogen-bond donors (Lipinski definition) is 2. The first-order valence-electron chi connectivity index (χ1n) is 5.78. The molecule has 0 bridgehead atoms. The maximum atomic E-state index is 12.2. The summed E-state index contributed by atoms with van der Waals surface area (Å²) in [4.78, 5) is 27.4. The number of carbonyl (C=O) groups is 2. The van der Waals surface area contributed by atoms with Crippen LogP contribution in [0.3, 0.4) is 0 Å². The molecule has 1 aliphatic rings. The van der Waals surface area contributed by atoms with E-state index in [0.717, 1.165) is 0 Å².